The maximum absolute atomic E-state index is 12.8. The number of nitrogens with zero attached hydrogens (tertiary/aromatic N) is 3. The molecule has 7 heteroatoms. The maximum atomic E-state index is 12.8. The highest BCUT2D eigenvalue weighted by molar-refractivity contribution is 6.30. The van der Waals surface area contributed by atoms with Gasteiger partial charge in [-0.3, -0.25) is 4.68 Å². The smallest absolute Gasteiger partial charge is 0.255 e. The van der Waals surface area contributed by atoms with E-state index >= 15 is 0 Å². The van der Waals surface area contributed by atoms with E-state index < -0.39 is 11.7 Å². The Bertz CT molecular complexity index is 548. The molecule has 0 fully saturated rings. The normalized spacial score (nSPS) is 11.8. The van der Waals surface area contributed by atoms with Crippen LogP contribution in [0, 0.1) is 0 Å². The topological polar surface area (TPSA) is 30.7 Å². The summed E-state index contributed by atoms with van der Waals surface area (Å²) in [4.78, 5) is 3.80. The van der Waals surface area contributed by atoms with Crippen LogP contribution in [0.5, 0.6) is 0 Å². The van der Waals surface area contributed by atoms with Crippen LogP contribution >= 0.6 is 11.6 Å². The molecule has 2 rings (SSSR count). The van der Waals surface area contributed by atoms with Gasteiger partial charge in [-0.2, -0.15) is 18.3 Å². The summed E-state index contributed by atoms with van der Waals surface area (Å²) in [6.07, 6.45) is -3.15. The molecule has 1 aromatic heterocycles. The lowest BCUT2D eigenvalue weighted by atomic mass is 10.1. The van der Waals surface area contributed by atoms with Crippen LogP contribution < -0.4 is 0 Å². The Kier molecular flexibility index (Phi) is 2.82. The van der Waals surface area contributed by atoms with Gasteiger partial charge in [0.15, 0.2) is 5.82 Å². The van der Waals surface area contributed by atoms with Crippen molar-refractivity contribution in [2.24, 2.45) is 7.05 Å². The Morgan fingerprint density at radius 1 is 1.29 bits per heavy atom. The summed E-state index contributed by atoms with van der Waals surface area (Å²) in [5, 5.41) is 3.87. The number of hydrogen-bond donors (Lipinski definition) is 0. The van der Waals surface area contributed by atoms with Gasteiger partial charge in [0.2, 0.25) is 0 Å². The molecule has 0 spiro atoms. The standard InChI is InChI=1S/C10H7ClF3N3/c1-17-5-15-9(16-17)7-3-2-6(11)4-8(7)10(12,13)14/h2-5H,1H3. The van der Waals surface area contributed by atoms with Crippen molar-refractivity contribution >= 4 is 11.6 Å². The molecule has 0 aliphatic heterocycles. The van der Waals surface area contributed by atoms with Gasteiger partial charge in [-0.05, 0) is 18.2 Å². The van der Waals surface area contributed by atoms with Crippen LogP contribution in [0.2, 0.25) is 5.02 Å². The Morgan fingerprint density at radius 2 is 2.00 bits per heavy atom. The van der Waals surface area contributed by atoms with Gasteiger partial charge in [0.05, 0.1) is 5.56 Å². The summed E-state index contributed by atoms with van der Waals surface area (Å²) in [7, 11) is 1.58. The second kappa shape index (κ2) is 4.03. The number of aryl methyl sites for hydroxylation is 1. The molecule has 1 aromatic carbocycles. The fourth-order valence-electron chi connectivity index (χ4n) is 1.41. The summed E-state index contributed by atoms with van der Waals surface area (Å²) in [6.45, 7) is 0. The minimum Gasteiger partial charge on any atom is -0.255 e. The van der Waals surface area contributed by atoms with Gasteiger partial charge in [0.25, 0.3) is 0 Å². The molecular weight excluding hydrogens is 255 g/mol. The van der Waals surface area contributed by atoms with Gasteiger partial charge in [-0.15, -0.1) is 0 Å². The molecule has 0 bridgehead atoms. The van der Waals surface area contributed by atoms with Crippen LogP contribution in [0.4, 0.5) is 13.2 Å². The van der Waals surface area contributed by atoms with Crippen molar-refractivity contribution in [2.45, 2.75) is 6.18 Å². The monoisotopic (exact) mass is 261 g/mol. The zero-order chi connectivity index (χ0) is 12.6. The van der Waals surface area contributed by atoms with Gasteiger partial charge in [0, 0.05) is 17.6 Å². The molecule has 0 atom stereocenters. The van der Waals surface area contributed by atoms with E-state index in [2.05, 4.69) is 10.1 Å². The lowest BCUT2D eigenvalue weighted by Crippen LogP contribution is -2.07. The minimum absolute atomic E-state index is 0.0245. The SMILES string of the molecule is Cn1cnc(-c2ccc(Cl)cc2C(F)(F)F)n1. The summed E-state index contributed by atoms with van der Waals surface area (Å²) in [5.74, 6) is 0.0245. The number of benzene rings is 1. The zero-order valence-electron chi connectivity index (χ0n) is 8.66. The van der Waals surface area contributed by atoms with Crippen LogP contribution in [0.15, 0.2) is 24.5 Å². The van der Waals surface area contributed by atoms with E-state index in [1.807, 2.05) is 0 Å². The van der Waals surface area contributed by atoms with Crippen molar-refractivity contribution in [1.82, 2.24) is 14.8 Å². The molecular formula is C10H7ClF3N3. The van der Waals surface area contributed by atoms with Crippen LogP contribution in [0.25, 0.3) is 11.4 Å². The van der Waals surface area contributed by atoms with Crippen molar-refractivity contribution in [3.8, 4) is 11.4 Å². The van der Waals surface area contributed by atoms with E-state index in [1.165, 1.54) is 23.1 Å². The van der Waals surface area contributed by atoms with E-state index in [4.69, 9.17) is 11.6 Å². The van der Waals surface area contributed by atoms with Crippen molar-refractivity contribution in [2.75, 3.05) is 0 Å². The highest BCUT2D eigenvalue weighted by atomic mass is 35.5. The first-order valence-electron chi connectivity index (χ1n) is 4.60. The van der Waals surface area contributed by atoms with E-state index in [9.17, 15) is 13.2 Å². The molecule has 2 aromatic rings. The lowest BCUT2D eigenvalue weighted by molar-refractivity contribution is -0.137. The molecule has 0 aliphatic rings. The van der Waals surface area contributed by atoms with Gasteiger partial charge in [-0.1, -0.05) is 11.6 Å². The molecule has 17 heavy (non-hydrogen) atoms. The predicted molar refractivity (Wildman–Crippen MR) is 56.5 cm³/mol. The fourth-order valence-corrected chi connectivity index (χ4v) is 1.58. The van der Waals surface area contributed by atoms with E-state index in [1.54, 1.807) is 7.05 Å². The molecule has 1 heterocycles. The summed E-state index contributed by atoms with van der Waals surface area (Å²) >= 11 is 5.57. The number of hydrogen-bond acceptors (Lipinski definition) is 2. The Hall–Kier alpha value is -1.56. The average Bonchev–Trinajstić information content (AvgIpc) is 2.63. The molecule has 0 N–H and O–H groups in total. The number of rotatable bonds is 1. The second-order valence-corrected chi connectivity index (χ2v) is 3.87. The number of aromatic nitrogens is 3. The first-order valence-corrected chi connectivity index (χ1v) is 4.98. The quantitative estimate of drug-likeness (QED) is 0.789. The molecule has 3 nitrogen and oxygen atoms in total. The van der Waals surface area contributed by atoms with Crippen LogP contribution in [-0.4, -0.2) is 14.8 Å². The maximum Gasteiger partial charge on any atom is 0.417 e. The number of alkyl halides is 3. The van der Waals surface area contributed by atoms with E-state index in [0.29, 0.717) is 0 Å². The van der Waals surface area contributed by atoms with E-state index in [0.717, 1.165) is 6.07 Å². The molecule has 0 aliphatic carbocycles. The largest absolute Gasteiger partial charge is 0.417 e. The Morgan fingerprint density at radius 3 is 2.53 bits per heavy atom. The summed E-state index contributed by atoms with van der Waals surface area (Å²) in [6, 6.07) is 3.51. The van der Waals surface area contributed by atoms with Gasteiger partial charge in [0.1, 0.15) is 6.33 Å². The fraction of sp³-hybridized carbons (Fsp3) is 0.200. The second-order valence-electron chi connectivity index (χ2n) is 3.43. The van der Waals surface area contributed by atoms with Crippen molar-refractivity contribution < 1.29 is 13.2 Å². The third-order valence-corrected chi connectivity index (χ3v) is 2.36. The minimum atomic E-state index is -4.49. The highest BCUT2D eigenvalue weighted by Gasteiger charge is 2.34. The number of halogens is 4. The molecule has 90 valence electrons. The first-order chi connectivity index (χ1) is 7.88. The Balaban J connectivity index is 2.61. The molecule has 0 saturated carbocycles. The third-order valence-electron chi connectivity index (χ3n) is 2.13. The summed E-state index contributed by atoms with van der Waals surface area (Å²) in [5.41, 5.74) is -0.918. The van der Waals surface area contributed by atoms with Crippen molar-refractivity contribution in [1.29, 1.82) is 0 Å². The summed E-state index contributed by atoms with van der Waals surface area (Å²) < 4.78 is 39.7. The van der Waals surface area contributed by atoms with Crippen LogP contribution in [0.3, 0.4) is 0 Å². The van der Waals surface area contributed by atoms with Crippen LogP contribution in [0.1, 0.15) is 5.56 Å². The molecule has 0 radical (unpaired) electrons. The highest BCUT2D eigenvalue weighted by Crippen LogP contribution is 2.37. The lowest BCUT2D eigenvalue weighted by Gasteiger charge is -2.10. The molecule has 0 amide bonds. The Labute approximate surface area is 99.8 Å². The van der Waals surface area contributed by atoms with Crippen molar-refractivity contribution in [3.63, 3.8) is 0 Å². The van der Waals surface area contributed by atoms with Crippen molar-refractivity contribution in [3.05, 3.63) is 35.1 Å². The van der Waals surface area contributed by atoms with Gasteiger partial charge in [-0.25, -0.2) is 4.98 Å². The van der Waals surface area contributed by atoms with E-state index in [-0.39, 0.29) is 16.4 Å². The van der Waals surface area contributed by atoms with Gasteiger partial charge >= 0.3 is 6.18 Å². The third kappa shape index (κ3) is 2.41. The molecule has 0 saturated heterocycles. The predicted octanol–water partition coefficient (Wildman–Crippen LogP) is 3.15. The molecule has 0 unspecified atom stereocenters. The average molecular weight is 262 g/mol. The van der Waals surface area contributed by atoms with Crippen LogP contribution in [-0.2, 0) is 13.2 Å². The zero-order valence-corrected chi connectivity index (χ0v) is 9.42. The first kappa shape index (κ1) is 11.9. The van der Waals surface area contributed by atoms with Gasteiger partial charge < -0.3 is 0 Å².